The third kappa shape index (κ3) is 4.36. The molecule has 0 saturated heterocycles. The van der Waals surface area contributed by atoms with Crippen LogP contribution < -0.4 is 4.90 Å². The van der Waals surface area contributed by atoms with Gasteiger partial charge in [0.2, 0.25) is 0 Å². The number of anilines is 3. The van der Waals surface area contributed by atoms with Crippen molar-refractivity contribution < 1.29 is 0 Å². The predicted octanol–water partition coefficient (Wildman–Crippen LogP) is 15.8. The van der Waals surface area contributed by atoms with Crippen LogP contribution in [0, 0.1) is 0 Å². The zero-order chi connectivity index (χ0) is 39.7. The van der Waals surface area contributed by atoms with E-state index >= 15 is 0 Å². The maximum atomic E-state index is 2.53. The van der Waals surface area contributed by atoms with Crippen LogP contribution in [0.4, 0.5) is 17.1 Å². The normalized spacial score (nSPS) is 16.0. The second-order valence-corrected chi connectivity index (χ2v) is 18.2. The summed E-state index contributed by atoms with van der Waals surface area (Å²) in [5.41, 5.74) is 21.4. The quantitative estimate of drug-likeness (QED) is 0.172. The lowest BCUT2D eigenvalue weighted by Crippen LogP contribution is -2.26. The van der Waals surface area contributed by atoms with Gasteiger partial charge in [0.05, 0.1) is 11.1 Å². The Bertz CT molecular complexity index is 3410. The summed E-state index contributed by atoms with van der Waals surface area (Å²) in [7, 11) is 0. The van der Waals surface area contributed by atoms with Gasteiger partial charge in [0.25, 0.3) is 0 Å². The molecule has 3 aliphatic carbocycles. The van der Waals surface area contributed by atoms with Gasteiger partial charge in [0.15, 0.2) is 0 Å². The number of nitrogens with zero attached hydrogens (tertiary/aromatic N) is 1. The van der Waals surface area contributed by atoms with Crippen LogP contribution in [0.3, 0.4) is 0 Å². The van der Waals surface area contributed by atoms with E-state index in [0.717, 1.165) is 11.4 Å². The number of thiophene rings is 1. The Morgan fingerprint density at radius 1 is 0.383 bits per heavy atom. The van der Waals surface area contributed by atoms with Crippen molar-refractivity contribution in [1.29, 1.82) is 0 Å². The lowest BCUT2D eigenvalue weighted by molar-refractivity contribution is 0.660. The Labute approximate surface area is 354 Å². The minimum Gasteiger partial charge on any atom is -0.310 e. The standard InChI is InChI=1S/C58H39NS/c1-57(2)45-21-10-6-17-40(45)41-32-31-39(35-50(41)57)59(38-29-27-37(28-30-38)36-15-4-3-5-16-36)51-25-14-24-48-54(51)42-18-7-11-22-46(42)58(48)47-23-12-8-19-43(47)55-49(58)33-34-53-56(55)44-20-9-13-26-52(44)60-53/h3-35H,1-2H3. The van der Waals surface area contributed by atoms with Crippen molar-refractivity contribution in [3.8, 4) is 44.5 Å². The zero-order valence-corrected chi connectivity index (χ0v) is 34.2. The van der Waals surface area contributed by atoms with Crippen LogP contribution in [0.15, 0.2) is 200 Å². The largest absolute Gasteiger partial charge is 0.310 e. The van der Waals surface area contributed by atoms with Gasteiger partial charge in [-0.15, -0.1) is 11.3 Å². The van der Waals surface area contributed by atoms with Crippen LogP contribution in [-0.2, 0) is 10.8 Å². The molecule has 0 N–H and O–H groups in total. The van der Waals surface area contributed by atoms with Gasteiger partial charge in [-0.1, -0.05) is 172 Å². The third-order valence-corrected chi connectivity index (χ3v) is 15.0. The van der Waals surface area contributed by atoms with Gasteiger partial charge in [0.1, 0.15) is 0 Å². The van der Waals surface area contributed by atoms with Crippen molar-refractivity contribution in [2.45, 2.75) is 24.7 Å². The maximum absolute atomic E-state index is 2.53. The topological polar surface area (TPSA) is 3.24 Å². The van der Waals surface area contributed by atoms with Crippen molar-refractivity contribution in [2.75, 3.05) is 4.90 Å². The summed E-state index contributed by atoms with van der Waals surface area (Å²) in [6, 6.07) is 75.3. The molecule has 1 nitrogen and oxygen atoms in total. The minimum atomic E-state index is -0.477. The molecule has 0 radical (unpaired) electrons. The summed E-state index contributed by atoms with van der Waals surface area (Å²) < 4.78 is 2.68. The van der Waals surface area contributed by atoms with E-state index in [1.807, 2.05) is 11.3 Å². The molecule has 0 saturated carbocycles. The lowest BCUT2D eigenvalue weighted by Gasteiger charge is -2.32. The molecule has 1 aromatic heterocycles. The maximum Gasteiger partial charge on any atom is 0.0726 e. The molecule has 1 spiro atoms. The first kappa shape index (κ1) is 33.9. The van der Waals surface area contributed by atoms with E-state index in [2.05, 4.69) is 219 Å². The molecule has 10 aromatic rings. The van der Waals surface area contributed by atoms with Crippen LogP contribution in [0.25, 0.3) is 64.7 Å². The Morgan fingerprint density at radius 2 is 0.967 bits per heavy atom. The van der Waals surface area contributed by atoms with Gasteiger partial charge in [-0.3, -0.25) is 0 Å². The molecule has 1 atom stereocenters. The van der Waals surface area contributed by atoms with Gasteiger partial charge >= 0.3 is 0 Å². The third-order valence-electron chi connectivity index (χ3n) is 13.9. The highest BCUT2D eigenvalue weighted by Gasteiger charge is 2.53. The molecule has 1 unspecified atom stereocenters. The number of benzene rings is 9. The van der Waals surface area contributed by atoms with Gasteiger partial charge in [-0.05, 0) is 115 Å². The SMILES string of the molecule is CC1(C)c2ccccc2-c2ccc(N(c3ccc(-c4ccccc4)cc3)c3cccc4c3-c3ccccc3C43c4ccccc4-c4c3ccc3sc5ccccc5c43)cc21. The molecule has 0 aliphatic heterocycles. The van der Waals surface area contributed by atoms with Crippen molar-refractivity contribution in [3.63, 3.8) is 0 Å². The van der Waals surface area contributed by atoms with E-state index in [9.17, 15) is 0 Å². The van der Waals surface area contributed by atoms with E-state index in [1.165, 1.54) is 104 Å². The first-order valence-corrected chi connectivity index (χ1v) is 21.8. The average molecular weight is 782 g/mol. The fraction of sp³-hybridized carbons (Fsp3) is 0.0690. The van der Waals surface area contributed by atoms with Crippen molar-refractivity contribution in [3.05, 3.63) is 234 Å². The molecule has 0 fully saturated rings. The van der Waals surface area contributed by atoms with E-state index in [4.69, 9.17) is 0 Å². The molecule has 0 bridgehead atoms. The van der Waals surface area contributed by atoms with Crippen LogP contribution in [0.2, 0.25) is 0 Å². The number of hydrogen-bond donors (Lipinski definition) is 0. The molecule has 1 heterocycles. The summed E-state index contributed by atoms with van der Waals surface area (Å²) in [5.74, 6) is 0. The van der Waals surface area contributed by atoms with Crippen molar-refractivity contribution in [1.82, 2.24) is 0 Å². The minimum absolute atomic E-state index is 0.130. The Morgan fingerprint density at radius 3 is 1.75 bits per heavy atom. The van der Waals surface area contributed by atoms with Crippen molar-refractivity contribution in [2.24, 2.45) is 0 Å². The Hall–Kier alpha value is -7.00. The second kappa shape index (κ2) is 12.3. The van der Waals surface area contributed by atoms with E-state index in [1.54, 1.807) is 0 Å². The summed E-state index contributed by atoms with van der Waals surface area (Å²) >= 11 is 1.90. The van der Waals surface area contributed by atoms with Crippen molar-refractivity contribution >= 4 is 48.6 Å². The highest BCUT2D eigenvalue weighted by atomic mass is 32.1. The first-order chi connectivity index (χ1) is 29.5. The summed E-state index contributed by atoms with van der Waals surface area (Å²) in [6.45, 7) is 4.76. The fourth-order valence-electron chi connectivity index (χ4n) is 11.3. The average Bonchev–Trinajstić information content (AvgIpc) is 3.99. The van der Waals surface area contributed by atoms with Crippen LogP contribution in [0.5, 0.6) is 0 Å². The van der Waals surface area contributed by atoms with Gasteiger partial charge in [-0.25, -0.2) is 0 Å². The molecule has 2 heteroatoms. The smallest absolute Gasteiger partial charge is 0.0726 e. The molecule has 282 valence electrons. The molecule has 0 amide bonds. The molecule has 9 aromatic carbocycles. The molecular formula is C58H39NS. The lowest BCUT2D eigenvalue weighted by atomic mass is 9.70. The summed E-state index contributed by atoms with van der Waals surface area (Å²) in [4.78, 5) is 2.53. The van der Waals surface area contributed by atoms with Gasteiger partial charge < -0.3 is 4.90 Å². The molecule has 3 aliphatic rings. The highest BCUT2D eigenvalue weighted by Crippen LogP contribution is 2.66. The fourth-order valence-corrected chi connectivity index (χ4v) is 12.5. The van der Waals surface area contributed by atoms with Crippen LogP contribution in [0.1, 0.15) is 47.2 Å². The Kier molecular flexibility index (Phi) is 6.94. The number of fused-ring (bicyclic) bond motifs is 17. The highest BCUT2D eigenvalue weighted by molar-refractivity contribution is 7.26. The number of hydrogen-bond acceptors (Lipinski definition) is 2. The molecular weight excluding hydrogens is 743 g/mol. The molecule has 60 heavy (non-hydrogen) atoms. The zero-order valence-electron chi connectivity index (χ0n) is 33.4. The predicted molar refractivity (Wildman–Crippen MR) is 253 cm³/mol. The molecule has 13 rings (SSSR count). The van der Waals surface area contributed by atoms with E-state index < -0.39 is 5.41 Å². The van der Waals surface area contributed by atoms with Gasteiger partial charge in [0, 0.05) is 42.5 Å². The Balaban J connectivity index is 1.09. The van der Waals surface area contributed by atoms with Crippen LogP contribution in [-0.4, -0.2) is 0 Å². The summed E-state index contributed by atoms with van der Waals surface area (Å²) in [5, 5.41) is 2.72. The number of rotatable bonds is 4. The summed E-state index contributed by atoms with van der Waals surface area (Å²) in [6.07, 6.45) is 0. The van der Waals surface area contributed by atoms with E-state index in [0.29, 0.717) is 0 Å². The van der Waals surface area contributed by atoms with Crippen LogP contribution >= 0.6 is 11.3 Å². The van der Waals surface area contributed by atoms with Gasteiger partial charge in [-0.2, -0.15) is 0 Å². The monoisotopic (exact) mass is 781 g/mol. The first-order valence-electron chi connectivity index (χ1n) is 21.0. The van der Waals surface area contributed by atoms with E-state index in [-0.39, 0.29) is 5.41 Å². The second-order valence-electron chi connectivity index (χ2n) is 17.1.